The number of ketones is 2. The highest BCUT2D eigenvalue weighted by Gasteiger charge is 2.37. The molecule has 0 radical (unpaired) electrons. The van der Waals surface area contributed by atoms with Crippen LogP contribution in [0.25, 0.3) is 88.1 Å². The Bertz CT molecular complexity index is 6770. The zero-order valence-corrected chi connectivity index (χ0v) is 67.4. The Morgan fingerprint density at radius 1 is 0.377 bits per heavy atom. The highest BCUT2D eigenvalue weighted by molar-refractivity contribution is 6.29. The lowest BCUT2D eigenvalue weighted by Gasteiger charge is -2.12. The number of benzene rings is 4. The Balaban J connectivity index is 0.000000133. The maximum Gasteiger partial charge on any atom is 0.433 e. The quantitative estimate of drug-likeness (QED) is 0.0486. The average Bonchev–Trinajstić information content (AvgIpc) is 1.28. The number of fused-ring (bicyclic) bond motifs is 4. The van der Waals surface area contributed by atoms with E-state index in [-0.39, 0.29) is 46.9 Å². The smallest absolute Gasteiger partial charge is 0.364 e. The van der Waals surface area contributed by atoms with Crippen molar-refractivity contribution in [2.24, 2.45) is 39.7 Å². The molecule has 0 saturated heterocycles. The molecule has 0 aliphatic heterocycles. The zero-order valence-electron chi connectivity index (χ0n) is 66.6. The van der Waals surface area contributed by atoms with Crippen LogP contribution in [0.15, 0.2) is 201 Å². The summed E-state index contributed by atoms with van der Waals surface area (Å²) in [5.74, 6) is -1.45. The summed E-state index contributed by atoms with van der Waals surface area (Å²) >= 11 is 5.78. The lowest BCUT2D eigenvalue weighted by Crippen LogP contribution is -2.13. The molecule has 618 valence electrons. The Kier molecular flexibility index (Phi) is 23.7. The van der Waals surface area contributed by atoms with Crippen LogP contribution in [0.2, 0.25) is 5.15 Å². The van der Waals surface area contributed by atoms with Crippen molar-refractivity contribution in [1.82, 2.24) is 79.0 Å². The first kappa shape index (κ1) is 84.4. The maximum absolute atomic E-state index is 13.4. The molecule has 16 aromatic rings. The van der Waals surface area contributed by atoms with E-state index in [1.54, 1.807) is 124 Å². The van der Waals surface area contributed by atoms with Crippen molar-refractivity contribution in [3.05, 3.63) is 308 Å². The molecule has 0 spiro atoms. The number of nitrogens with zero attached hydrogens (tertiary/aromatic N) is 16. The Hall–Kier alpha value is -14.1. The lowest BCUT2D eigenvalue weighted by atomic mass is 9.97. The minimum Gasteiger partial charge on any atom is -0.364 e. The molecule has 17 rings (SSSR count). The minimum absolute atomic E-state index is 0.0785. The number of aryl methyl sites for hydroxylation is 6. The highest BCUT2D eigenvalue weighted by atomic mass is 35.5. The normalized spacial score (nSPS) is 12.2. The van der Waals surface area contributed by atoms with Crippen LogP contribution in [-0.2, 0) is 72.4 Å². The number of carbonyl (C=O) groups excluding carboxylic acids is 4. The summed E-state index contributed by atoms with van der Waals surface area (Å²) in [6, 6.07) is 42.7. The fourth-order valence-corrected chi connectivity index (χ4v) is 14.5. The molecule has 1 aliphatic rings. The fourth-order valence-electron chi connectivity index (χ4n) is 14.3. The van der Waals surface area contributed by atoms with Crippen molar-refractivity contribution in [3.63, 3.8) is 0 Å². The van der Waals surface area contributed by atoms with Crippen molar-refractivity contribution < 1.29 is 58.7 Å². The first-order chi connectivity index (χ1) is 57.9. The summed E-state index contributed by atoms with van der Waals surface area (Å²) < 4.78 is 125. The molecule has 4 aromatic carbocycles. The Labute approximate surface area is 695 Å². The van der Waals surface area contributed by atoms with Crippen LogP contribution in [-0.4, -0.2) is 102 Å². The summed E-state index contributed by atoms with van der Waals surface area (Å²) in [4.78, 5) is 80.8. The van der Waals surface area contributed by atoms with E-state index in [0.717, 1.165) is 137 Å². The number of amides is 2. The predicted molar refractivity (Wildman–Crippen MR) is 442 cm³/mol. The number of aromatic nitrogens is 16. The summed E-state index contributed by atoms with van der Waals surface area (Å²) in [6.07, 6.45) is 3.93. The van der Waals surface area contributed by atoms with Crippen LogP contribution in [0.3, 0.4) is 0 Å². The third-order valence-electron chi connectivity index (χ3n) is 20.0. The number of nitrogens with two attached hydrogens (primary N) is 2. The largest absolute Gasteiger partial charge is 0.433 e. The molecule has 12 aromatic heterocycles. The molecule has 22 nitrogen and oxygen atoms in total. The van der Waals surface area contributed by atoms with Gasteiger partial charge in [0, 0.05) is 146 Å². The lowest BCUT2D eigenvalue weighted by molar-refractivity contribution is -0.142. The number of hydrogen-bond donors (Lipinski definition) is 2. The van der Waals surface area contributed by atoms with Crippen LogP contribution >= 0.6 is 11.6 Å². The van der Waals surface area contributed by atoms with Crippen LogP contribution < -0.4 is 11.5 Å². The van der Waals surface area contributed by atoms with E-state index < -0.39 is 47.4 Å². The summed E-state index contributed by atoms with van der Waals surface area (Å²) in [7, 11) is 7.25. The van der Waals surface area contributed by atoms with Gasteiger partial charge >= 0.3 is 18.5 Å². The van der Waals surface area contributed by atoms with E-state index in [1.807, 2.05) is 89.0 Å². The van der Waals surface area contributed by atoms with Gasteiger partial charge in [-0.15, -0.1) is 0 Å². The number of pyridine rings is 8. The second kappa shape index (κ2) is 34.3. The summed E-state index contributed by atoms with van der Waals surface area (Å²) in [5, 5.41) is 20.0. The van der Waals surface area contributed by atoms with Gasteiger partial charge in [0.05, 0.1) is 46.9 Å². The van der Waals surface area contributed by atoms with Crippen molar-refractivity contribution >= 4 is 78.6 Å². The first-order valence-electron chi connectivity index (χ1n) is 38.0. The number of primary amides is 2. The summed E-state index contributed by atoms with van der Waals surface area (Å²) in [6.45, 7) is 6.90. The van der Waals surface area contributed by atoms with Gasteiger partial charge in [-0.2, -0.15) is 59.9 Å². The van der Waals surface area contributed by atoms with Crippen molar-refractivity contribution in [2.75, 3.05) is 0 Å². The van der Waals surface area contributed by atoms with Crippen molar-refractivity contribution in [1.29, 1.82) is 0 Å². The fraction of sp³-hybridized carbons (Fsp3) is 0.200. The van der Waals surface area contributed by atoms with E-state index in [4.69, 9.17) is 23.1 Å². The Morgan fingerprint density at radius 2 is 0.713 bits per heavy atom. The van der Waals surface area contributed by atoms with Gasteiger partial charge < -0.3 is 11.5 Å². The van der Waals surface area contributed by atoms with Crippen LogP contribution in [0, 0.1) is 13.8 Å². The standard InChI is InChI=1S/C25H21F3N4O.C22H17F3N4O.C22H21N5O.C21H15ClF3N5O/c1-14(33)21-11-20(18-12-29-32(2)13-18)19-6-3-15(8-23(19)30-21)7-16-9-22(17-4-5-17)31-24(10-16)25(26,27)28;1-13(30)19-10-18(15-11-26-29(2)12-15)17-7-6-14(9-20(17)28-19)8-16-4-3-5-21(27-16)22(23,24)25;1-13-6-16(7-14(2)25-13)8-15-4-5-18-19(17-11-24-27(3)12-17)10-21(22(23)28)26-20(18)9-15;1-30-10-13(9-27-30)15-8-17(20(26)31)28-16-5-11(2-3-14(15)16)4-12-6-18(21(23,24)25)29-19(22)7-12/h3,6,8-13,17H,4-5,7H2,1-2H3;3-7,9-12H,8H2,1-2H3;4-7,9-12H,8H2,1-3H3,(H2,23,28);2-3,5-10H,4H2,1H3,(H2,26,31). The molecule has 0 bridgehead atoms. The molecule has 1 saturated carbocycles. The molecular weight excluding hydrogens is 1600 g/mol. The maximum atomic E-state index is 13.4. The molecule has 4 N–H and O–H groups in total. The van der Waals surface area contributed by atoms with E-state index in [9.17, 15) is 58.7 Å². The molecule has 1 fully saturated rings. The number of rotatable bonds is 17. The topological polar surface area (TPSA) is 295 Å². The van der Waals surface area contributed by atoms with E-state index in [0.29, 0.717) is 62.4 Å². The van der Waals surface area contributed by atoms with Gasteiger partial charge in [-0.25, -0.2) is 34.9 Å². The zero-order chi connectivity index (χ0) is 87.0. The third-order valence-corrected chi connectivity index (χ3v) is 20.2. The molecule has 122 heavy (non-hydrogen) atoms. The molecule has 0 atom stereocenters. The van der Waals surface area contributed by atoms with Crippen LogP contribution in [0.5, 0.6) is 0 Å². The van der Waals surface area contributed by atoms with E-state index in [2.05, 4.69) is 78.5 Å². The number of halogens is 10. The first-order valence-corrected chi connectivity index (χ1v) is 38.4. The molecule has 0 unspecified atom stereocenters. The SMILES string of the molecule is CC(=O)c1cc(-c2cnn(C)c2)c2ccc(Cc3cc(C4CC4)nc(C(F)(F)F)c3)cc2n1.CC(=O)c1cc(-c2cnn(C)c2)c2ccc(Cc3cccc(C(F)(F)F)n3)cc2n1.Cc1cc(Cc2ccc3c(-c4cnn(C)c4)cc(C(N)=O)nc3c2)cc(C)n1.Cn1cc(-c2cc(C(N)=O)nc3cc(Cc4cc(Cl)nc(C(F)(F)F)c4)ccc23)cn1. The highest BCUT2D eigenvalue weighted by Crippen LogP contribution is 2.42. The summed E-state index contributed by atoms with van der Waals surface area (Å²) in [5.41, 5.74) is 26.6. The molecular formula is C90H74ClF9N18O4. The number of Topliss-reactive ketones (excluding diaryl/α,β-unsaturated/α-hetero) is 2. The van der Waals surface area contributed by atoms with Crippen molar-refractivity contribution in [3.8, 4) is 44.5 Å². The van der Waals surface area contributed by atoms with Gasteiger partial charge in [-0.3, -0.25) is 42.9 Å². The van der Waals surface area contributed by atoms with Gasteiger partial charge in [-0.1, -0.05) is 66.2 Å². The van der Waals surface area contributed by atoms with Gasteiger partial charge in [0.15, 0.2) is 11.6 Å². The van der Waals surface area contributed by atoms with Crippen molar-refractivity contribution in [2.45, 2.75) is 90.7 Å². The van der Waals surface area contributed by atoms with Gasteiger partial charge in [0.2, 0.25) is 0 Å². The second-order valence-electron chi connectivity index (χ2n) is 29.8. The number of carbonyl (C=O) groups is 4. The second-order valence-corrected chi connectivity index (χ2v) is 30.2. The van der Waals surface area contributed by atoms with Gasteiger partial charge in [0.25, 0.3) is 11.8 Å². The average molecular weight is 1680 g/mol. The molecule has 12 heterocycles. The molecule has 2 amide bonds. The van der Waals surface area contributed by atoms with Gasteiger partial charge in [-0.05, 0) is 204 Å². The van der Waals surface area contributed by atoms with Gasteiger partial charge in [0.1, 0.15) is 45.0 Å². The van der Waals surface area contributed by atoms with Crippen LogP contribution in [0.1, 0.15) is 153 Å². The van der Waals surface area contributed by atoms with Crippen LogP contribution in [0.4, 0.5) is 39.5 Å². The van der Waals surface area contributed by atoms with E-state index in [1.165, 1.54) is 31.5 Å². The Morgan fingerprint density at radius 3 is 1.05 bits per heavy atom. The van der Waals surface area contributed by atoms with E-state index >= 15 is 0 Å². The monoisotopic (exact) mass is 1680 g/mol. The number of hydrogen-bond acceptors (Lipinski definition) is 16. The molecule has 1 aliphatic carbocycles. The third kappa shape index (κ3) is 20.1. The number of alkyl halides is 9. The molecule has 32 heteroatoms. The minimum atomic E-state index is -4.60. The predicted octanol–water partition coefficient (Wildman–Crippen LogP) is 18.3.